The molecule has 0 radical (unpaired) electrons. The van der Waals surface area contributed by atoms with Gasteiger partial charge in [-0.1, -0.05) is 134 Å². The molecule has 0 aliphatic rings. The molecule has 0 amide bonds. The largest absolute Gasteiger partial charge is 0.493 e. The molecule has 2 atom stereocenters. The van der Waals surface area contributed by atoms with E-state index in [0.717, 1.165) is 33.4 Å². The fourth-order valence-electron chi connectivity index (χ4n) is 5.95. The topological polar surface area (TPSA) is 89.5 Å². The molecule has 0 aliphatic heterocycles. The average Bonchev–Trinajstić information content (AvgIpc) is 3.24. The van der Waals surface area contributed by atoms with Gasteiger partial charge in [0.25, 0.3) is 0 Å². The first-order valence-corrected chi connectivity index (χ1v) is 19.0. The molecule has 8 heteroatoms. The molecule has 8 nitrogen and oxygen atoms in total. The molecule has 0 aliphatic carbocycles. The van der Waals surface area contributed by atoms with Gasteiger partial charge in [-0.3, -0.25) is 0 Å². The van der Waals surface area contributed by atoms with Crippen LogP contribution in [0, 0.1) is 0 Å². The lowest BCUT2D eigenvalue weighted by molar-refractivity contribution is -0.161. The van der Waals surface area contributed by atoms with Crippen molar-refractivity contribution in [2.75, 3.05) is 13.2 Å². The minimum absolute atomic E-state index is 0.172. The van der Waals surface area contributed by atoms with E-state index in [1.807, 2.05) is 158 Å². The first-order chi connectivity index (χ1) is 28.2. The van der Waals surface area contributed by atoms with Crippen LogP contribution in [0.4, 0.5) is 0 Å². The van der Waals surface area contributed by atoms with Crippen molar-refractivity contribution in [3.05, 3.63) is 182 Å². The summed E-state index contributed by atoms with van der Waals surface area (Å²) in [5.74, 6) is 1.19. The van der Waals surface area contributed by atoms with Gasteiger partial charge >= 0.3 is 11.9 Å². The van der Waals surface area contributed by atoms with E-state index in [-0.39, 0.29) is 37.2 Å². The second kappa shape index (κ2) is 20.2. The lowest BCUT2D eigenvalue weighted by atomic mass is 10.0. The van der Waals surface area contributed by atoms with E-state index in [1.165, 1.54) is 0 Å². The average molecular weight is 775 g/mol. The molecule has 6 aromatic rings. The fourth-order valence-corrected chi connectivity index (χ4v) is 5.95. The van der Waals surface area contributed by atoms with Crippen LogP contribution < -0.4 is 18.9 Å². The van der Waals surface area contributed by atoms with Crippen molar-refractivity contribution >= 4 is 11.9 Å². The van der Waals surface area contributed by atoms with Crippen molar-refractivity contribution < 1.29 is 38.0 Å². The van der Waals surface area contributed by atoms with E-state index in [0.29, 0.717) is 23.0 Å². The van der Waals surface area contributed by atoms with Gasteiger partial charge < -0.3 is 28.4 Å². The van der Waals surface area contributed by atoms with Crippen LogP contribution in [-0.2, 0) is 19.1 Å². The van der Waals surface area contributed by atoms with Crippen molar-refractivity contribution in [1.29, 1.82) is 0 Å². The molecule has 294 valence electrons. The van der Waals surface area contributed by atoms with E-state index in [9.17, 15) is 9.59 Å². The summed E-state index contributed by atoms with van der Waals surface area (Å²) >= 11 is 0. The summed E-state index contributed by atoms with van der Waals surface area (Å²) < 4.78 is 36.4. The van der Waals surface area contributed by atoms with Crippen LogP contribution in [0.15, 0.2) is 182 Å². The maximum atomic E-state index is 12.6. The highest BCUT2D eigenvalue weighted by Gasteiger charge is 2.21. The molecular weight excluding hydrogens is 729 g/mol. The number of rotatable bonds is 19. The third kappa shape index (κ3) is 11.5. The van der Waals surface area contributed by atoms with Gasteiger partial charge in [-0.2, -0.15) is 0 Å². The summed E-state index contributed by atoms with van der Waals surface area (Å²) in [4.78, 5) is 25.2. The van der Waals surface area contributed by atoms with Gasteiger partial charge in [0.05, 0.1) is 26.1 Å². The van der Waals surface area contributed by atoms with Crippen molar-refractivity contribution in [3.8, 4) is 56.4 Å². The molecule has 0 N–H and O–H groups in total. The highest BCUT2D eigenvalue weighted by atomic mass is 16.7. The Labute approximate surface area is 339 Å². The van der Waals surface area contributed by atoms with Crippen LogP contribution in [0.5, 0.6) is 23.0 Å². The van der Waals surface area contributed by atoms with Gasteiger partial charge in [-0.05, 0) is 72.5 Å². The van der Waals surface area contributed by atoms with Crippen molar-refractivity contribution in [3.63, 3.8) is 0 Å². The highest BCUT2D eigenvalue weighted by molar-refractivity contribution is 5.87. The Kier molecular flexibility index (Phi) is 14.1. The first kappa shape index (κ1) is 40.6. The van der Waals surface area contributed by atoms with Crippen LogP contribution in [0.2, 0.25) is 0 Å². The summed E-state index contributed by atoms with van der Waals surface area (Å²) in [5, 5.41) is 0. The van der Waals surface area contributed by atoms with Crippen LogP contribution in [0.3, 0.4) is 0 Å². The Hall–Kier alpha value is -7.06. The smallest absolute Gasteiger partial charge is 0.336 e. The number of hydrogen-bond acceptors (Lipinski definition) is 8. The van der Waals surface area contributed by atoms with Gasteiger partial charge in [0.2, 0.25) is 12.6 Å². The standard InChI is InChI=1S/C50H46O8/c1-35(2)49(51)57-47(55-41-23-15-21-39(33-41)37-17-7-5-8-18-37)29-31-53-45-27-13-11-25-43(45)44-26-12-14-28-46(44)54-32-30-48(58-50(52)36(3)4)56-42-24-16-22-40(34-42)38-19-9-6-10-20-38/h5-28,33-34,47-48H,1,3,29-32H2,2,4H3. The zero-order chi connectivity index (χ0) is 40.7. The second-order valence-corrected chi connectivity index (χ2v) is 13.5. The molecule has 2 unspecified atom stereocenters. The van der Waals surface area contributed by atoms with E-state index in [1.54, 1.807) is 13.8 Å². The van der Waals surface area contributed by atoms with Crippen molar-refractivity contribution in [1.82, 2.24) is 0 Å². The Morgan fingerprint density at radius 2 is 0.828 bits per heavy atom. The number of para-hydroxylation sites is 2. The molecule has 0 bridgehead atoms. The Morgan fingerprint density at radius 3 is 1.22 bits per heavy atom. The Bertz CT molecular complexity index is 2150. The first-order valence-electron chi connectivity index (χ1n) is 19.0. The number of esters is 2. The van der Waals surface area contributed by atoms with Crippen LogP contribution in [0.25, 0.3) is 33.4 Å². The van der Waals surface area contributed by atoms with E-state index < -0.39 is 24.5 Å². The fraction of sp³-hybridized carbons (Fsp3) is 0.160. The summed E-state index contributed by atoms with van der Waals surface area (Å²) in [6.45, 7) is 11.0. The molecule has 6 aromatic carbocycles. The normalized spacial score (nSPS) is 11.7. The SMILES string of the molecule is C=C(C)C(=O)OC(CCOc1ccccc1-c1ccccc1OCCC(OC(=O)C(=C)C)Oc1cccc(-c2ccccc2)c1)Oc1cccc(-c2ccccc2)c1. The lowest BCUT2D eigenvalue weighted by Crippen LogP contribution is -2.27. The molecule has 0 aromatic heterocycles. The molecule has 0 fully saturated rings. The number of hydrogen-bond donors (Lipinski definition) is 0. The van der Waals surface area contributed by atoms with Crippen LogP contribution in [-0.4, -0.2) is 37.7 Å². The molecule has 58 heavy (non-hydrogen) atoms. The number of carbonyl (C=O) groups excluding carboxylic acids is 2. The predicted molar refractivity (Wildman–Crippen MR) is 227 cm³/mol. The second-order valence-electron chi connectivity index (χ2n) is 13.5. The van der Waals surface area contributed by atoms with Crippen molar-refractivity contribution in [2.45, 2.75) is 39.3 Å². The summed E-state index contributed by atoms with van der Waals surface area (Å²) in [7, 11) is 0. The summed E-state index contributed by atoms with van der Waals surface area (Å²) in [6.07, 6.45) is -1.40. The molecule has 0 saturated heterocycles. The lowest BCUT2D eigenvalue weighted by Gasteiger charge is -2.21. The highest BCUT2D eigenvalue weighted by Crippen LogP contribution is 2.37. The van der Waals surface area contributed by atoms with E-state index in [4.69, 9.17) is 28.4 Å². The van der Waals surface area contributed by atoms with Gasteiger partial charge in [-0.15, -0.1) is 0 Å². The Balaban J connectivity index is 1.13. The summed E-state index contributed by atoms with van der Waals surface area (Å²) in [5.41, 5.74) is 6.14. The monoisotopic (exact) mass is 774 g/mol. The summed E-state index contributed by atoms with van der Waals surface area (Å²) in [6, 6.07) is 50.4. The molecule has 0 spiro atoms. The van der Waals surface area contributed by atoms with E-state index >= 15 is 0 Å². The molecular formula is C50H46O8. The quantitative estimate of drug-likeness (QED) is 0.0456. The van der Waals surface area contributed by atoms with Gasteiger partial charge in [-0.25, -0.2) is 9.59 Å². The minimum atomic E-state index is -0.937. The molecule has 6 rings (SSSR count). The van der Waals surface area contributed by atoms with E-state index in [2.05, 4.69) is 13.2 Å². The maximum Gasteiger partial charge on any atom is 0.336 e. The Morgan fingerprint density at radius 1 is 0.466 bits per heavy atom. The van der Waals surface area contributed by atoms with Gasteiger partial charge in [0.15, 0.2) is 0 Å². The van der Waals surface area contributed by atoms with Crippen LogP contribution >= 0.6 is 0 Å². The zero-order valence-electron chi connectivity index (χ0n) is 32.7. The maximum absolute atomic E-state index is 12.6. The molecule has 0 saturated carbocycles. The van der Waals surface area contributed by atoms with Gasteiger partial charge in [0, 0.05) is 22.3 Å². The predicted octanol–water partition coefficient (Wildman–Crippen LogP) is 11.3. The van der Waals surface area contributed by atoms with Gasteiger partial charge in [0.1, 0.15) is 23.0 Å². The van der Waals surface area contributed by atoms with Crippen molar-refractivity contribution in [2.24, 2.45) is 0 Å². The zero-order valence-corrected chi connectivity index (χ0v) is 32.7. The number of benzene rings is 6. The minimum Gasteiger partial charge on any atom is -0.493 e. The third-order valence-corrected chi connectivity index (χ3v) is 8.88. The number of carbonyl (C=O) groups is 2. The van der Waals surface area contributed by atoms with Crippen LogP contribution in [0.1, 0.15) is 26.7 Å². The molecule has 0 heterocycles. The third-order valence-electron chi connectivity index (χ3n) is 8.88. The number of ether oxygens (including phenoxy) is 6.